The lowest BCUT2D eigenvalue weighted by atomic mass is 10.1. The van der Waals surface area contributed by atoms with Gasteiger partial charge in [0.2, 0.25) is 5.91 Å². The second kappa shape index (κ2) is 13.3. The van der Waals surface area contributed by atoms with Gasteiger partial charge < -0.3 is 25.2 Å². The molecule has 1 aliphatic carbocycles. The Balaban J connectivity index is 0.00000480. The predicted octanol–water partition coefficient (Wildman–Crippen LogP) is 3.21. The van der Waals surface area contributed by atoms with Crippen LogP contribution in [0.25, 0.3) is 0 Å². The fourth-order valence-corrected chi connectivity index (χ4v) is 4.10. The Morgan fingerprint density at radius 1 is 1.16 bits per heavy atom. The van der Waals surface area contributed by atoms with Gasteiger partial charge in [0.05, 0.1) is 0 Å². The number of likely N-dealkylation sites (tertiary alicyclic amines) is 1. The molecule has 1 saturated heterocycles. The van der Waals surface area contributed by atoms with Gasteiger partial charge >= 0.3 is 6.09 Å². The fraction of sp³-hybridized carbons (Fsp3) is 0.864. The molecule has 0 radical (unpaired) electrons. The van der Waals surface area contributed by atoms with Gasteiger partial charge in [-0.25, -0.2) is 4.79 Å². The second-order valence-electron chi connectivity index (χ2n) is 9.36. The molecule has 2 aliphatic rings. The Bertz CT molecular complexity index is 602. The molecule has 2 fully saturated rings. The third kappa shape index (κ3) is 9.41. The van der Waals surface area contributed by atoms with Crippen LogP contribution >= 0.6 is 24.0 Å². The molecule has 8 nitrogen and oxygen atoms in total. The van der Waals surface area contributed by atoms with E-state index in [4.69, 9.17) is 4.74 Å². The zero-order valence-electron chi connectivity index (χ0n) is 19.9. The molecule has 0 aromatic rings. The van der Waals surface area contributed by atoms with Crippen molar-refractivity contribution in [1.29, 1.82) is 0 Å². The number of nitrogens with one attached hydrogen (secondary N) is 2. The number of hydrogen-bond donors (Lipinski definition) is 2. The molecule has 0 bridgehead atoms. The summed E-state index contributed by atoms with van der Waals surface area (Å²) in [5.41, 5.74) is -0.502. The highest BCUT2D eigenvalue weighted by atomic mass is 127. The number of guanidine groups is 1. The van der Waals surface area contributed by atoms with Gasteiger partial charge in [0, 0.05) is 51.7 Å². The molecule has 1 atom stereocenters. The van der Waals surface area contributed by atoms with Crippen LogP contribution in [0.2, 0.25) is 0 Å². The van der Waals surface area contributed by atoms with Gasteiger partial charge in [-0.05, 0) is 46.5 Å². The SMILES string of the molecule is CCCN(CCNC(=NC)NC1CCN(C(=O)C2CCCC2)C1)C(=O)OC(C)(C)C.I. The molecule has 9 heteroatoms. The van der Waals surface area contributed by atoms with Gasteiger partial charge in [-0.1, -0.05) is 19.8 Å². The first-order chi connectivity index (χ1) is 14.2. The van der Waals surface area contributed by atoms with Crippen molar-refractivity contribution in [3.05, 3.63) is 0 Å². The van der Waals surface area contributed by atoms with Crippen molar-refractivity contribution in [3.8, 4) is 0 Å². The van der Waals surface area contributed by atoms with Crippen molar-refractivity contribution in [1.82, 2.24) is 20.4 Å². The molecule has 0 spiro atoms. The van der Waals surface area contributed by atoms with E-state index >= 15 is 0 Å². The average molecular weight is 552 g/mol. The first kappa shape index (κ1) is 27.8. The van der Waals surface area contributed by atoms with Crippen LogP contribution in [0.1, 0.15) is 66.2 Å². The van der Waals surface area contributed by atoms with Crippen LogP contribution in [0, 0.1) is 5.92 Å². The molecule has 180 valence electrons. The van der Waals surface area contributed by atoms with Gasteiger partial charge in [0.15, 0.2) is 5.96 Å². The first-order valence-electron chi connectivity index (χ1n) is 11.5. The molecule has 2 rings (SSSR count). The minimum Gasteiger partial charge on any atom is -0.444 e. The molecule has 0 aromatic heterocycles. The molecule has 2 amide bonds. The first-order valence-corrected chi connectivity index (χ1v) is 11.5. The van der Waals surface area contributed by atoms with E-state index in [0.29, 0.717) is 31.5 Å². The van der Waals surface area contributed by atoms with Crippen LogP contribution in [-0.2, 0) is 9.53 Å². The third-order valence-corrected chi connectivity index (χ3v) is 5.59. The lowest BCUT2D eigenvalue weighted by Crippen LogP contribution is -2.48. The van der Waals surface area contributed by atoms with Crippen molar-refractivity contribution in [2.75, 3.05) is 39.8 Å². The normalized spacial score (nSPS) is 19.7. The maximum absolute atomic E-state index is 12.6. The van der Waals surface area contributed by atoms with Gasteiger partial charge in [-0.3, -0.25) is 9.79 Å². The van der Waals surface area contributed by atoms with E-state index in [1.165, 1.54) is 12.8 Å². The van der Waals surface area contributed by atoms with Gasteiger partial charge in [-0.15, -0.1) is 24.0 Å². The molecule has 1 saturated carbocycles. The summed E-state index contributed by atoms with van der Waals surface area (Å²) >= 11 is 0. The zero-order valence-corrected chi connectivity index (χ0v) is 22.2. The number of rotatable bonds is 7. The monoisotopic (exact) mass is 551 g/mol. The lowest BCUT2D eigenvalue weighted by Gasteiger charge is -2.27. The molecule has 31 heavy (non-hydrogen) atoms. The van der Waals surface area contributed by atoms with Gasteiger partial charge in [0.1, 0.15) is 5.60 Å². The summed E-state index contributed by atoms with van der Waals surface area (Å²) in [5, 5.41) is 6.71. The number of hydrogen-bond acceptors (Lipinski definition) is 4. The maximum atomic E-state index is 12.6. The number of carbonyl (C=O) groups excluding carboxylic acids is 2. The summed E-state index contributed by atoms with van der Waals surface area (Å²) in [7, 11) is 1.74. The van der Waals surface area contributed by atoms with Gasteiger partial charge in [-0.2, -0.15) is 0 Å². The van der Waals surface area contributed by atoms with E-state index < -0.39 is 5.60 Å². The second-order valence-corrected chi connectivity index (χ2v) is 9.36. The van der Waals surface area contributed by atoms with E-state index in [-0.39, 0.29) is 42.0 Å². The Hall–Kier alpha value is -1.26. The summed E-state index contributed by atoms with van der Waals surface area (Å²) in [4.78, 5) is 33.0. The summed E-state index contributed by atoms with van der Waals surface area (Å²) in [5.74, 6) is 1.27. The summed E-state index contributed by atoms with van der Waals surface area (Å²) in [6.45, 7) is 11.0. The quantitative estimate of drug-likeness (QED) is 0.289. The van der Waals surface area contributed by atoms with E-state index in [9.17, 15) is 9.59 Å². The maximum Gasteiger partial charge on any atom is 0.410 e. The Morgan fingerprint density at radius 2 is 1.84 bits per heavy atom. The Labute approximate surface area is 204 Å². The molecule has 1 aliphatic heterocycles. The number of nitrogens with zero attached hydrogens (tertiary/aromatic N) is 3. The third-order valence-electron chi connectivity index (χ3n) is 5.59. The highest BCUT2D eigenvalue weighted by Crippen LogP contribution is 2.27. The number of halogens is 1. The minimum atomic E-state index is -0.502. The van der Waals surface area contributed by atoms with Crippen molar-refractivity contribution < 1.29 is 14.3 Å². The van der Waals surface area contributed by atoms with Crippen LogP contribution in [0.5, 0.6) is 0 Å². The summed E-state index contributed by atoms with van der Waals surface area (Å²) in [6.07, 6.45) is 5.97. The summed E-state index contributed by atoms with van der Waals surface area (Å²) in [6, 6.07) is 0.208. The minimum absolute atomic E-state index is 0. The van der Waals surface area contributed by atoms with Crippen LogP contribution in [0.3, 0.4) is 0 Å². The van der Waals surface area contributed by atoms with Crippen molar-refractivity contribution in [2.24, 2.45) is 10.9 Å². The Kier molecular flexibility index (Phi) is 11.9. The van der Waals surface area contributed by atoms with E-state index in [0.717, 1.165) is 38.8 Å². The number of carbonyl (C=O) groups is 2. The average Bonchev–Trinajstić information content (AvgIpc) is 3.36. The van der Waals surface area contributed by atoms with E-state index in [1.807, 2.05) is 32.6 Å². The largest absolute Gasteiger partial charge is 0.444 e. The lowest BCUT2D eigenvalue weighted by molar-refractivity contribution is -0.134. The highest BCUT2D eigenvalue weighted by Gasteiger charge is 2.32. The number of ether oxygens (including phenoxy) is 1. The molecule has 1 unspecified atom stereocenters. The zero-order chi connectivity index (χ0) is 22.1. The van der Waals surface area contributed by atoms with Crippen molar-refractivity contribution in [3.63, 3.8) is 0 Å². The van der Waals surface area contributed by atoms with Crippen LogP contribution < -0.4 is 10.6 Å². The highest BCUT2D eigenvalue weighted by molar-refractivity contribution is 14.0. The number of aliphatic imine (C=N–C) groups is 1. The smallest absolute Gasteiger partial charge is 0.410 e. The van der Waals surface area contributed by atoms with Crippen LogP contribution in [-0.4, -0.2) is 79.2 Å². The molecular weight excluding hydrogens is 509 g/mol. The number of amides is 2. The predicted molar refractivity (Wildman–Crippen MR) is 135 cm³/mol. The van der Waals surface area contributed by atoms with Crippen LogP contribution in [0.15, 0.2) is 4.99 Å². The van der Waals surface area contributed by atoms with Gasteiger partial charge in [0.25, 0.3) is 0 Å². The fourth-order valence-electron chi connectivity index (χ4n) is 4.10. The molecule has 2 N–H and O–H groups in total. The molecular formula is C22H42IN5O3. The molecule has 1 heterocycles. The van der Waals surface area contributed by atoms with Crippen LogP contribution in [0.4, 0.5) is 4.79 Å². The Morgan fingerprint density at radius 3 is 2.42 bits per heavy atom. The van der Waals surface area contributed by atoms with E-state index in [2.05, 4.69) is 15.6 Å². The van der Waals surface area contributed by atoms with E-state index in [1.54, 1.807) is 11.9 Å². The summed E-state index contributed by atoms with van der Waals surface area (Å²) < 4.78 is 5.50. The molecule has 0 aromatic carbocycles. The standard InChI is InChI=1S/C22H41N5O3.HI/c1-6-13-26(21(29)30-22(2,3)4)15-12-24-20(23-5)25-18-11-14-27(16-18)19(28)17-9-7-8-10-17;/h17-18H,6-16H2,1-5H3,(H2,23,24,25);1H. The van der Waals surface area contributed by atoms with Crippen molar-refractivity contribution in [2.45, 2.75) is 77.9 Å². The van der Waals surface area contributed by atoms with Crippen molar-refractivity contribution >= 4 is 41.9 Å². The topological polar surface area (TPSA) is 86.3 Å².